The van der Waals surface area contributed by atoms with Gasteiger partial charge in [0.25, 0.3) is 0 Å². The van der Waals surface area contributed by atoms with Crippen molar-refractivity contribution in [3.63, 3.8) is 0 Å². The van der Waals surface area contributed by atoms with E-state index in [1.807, 2.05) is 30.3 Å². The second kappa shape index (κ2) is 4.49. The molecule has 1 aliphatic rings. The fourth-order valence-corrected chi connectivity index (χ4v) is 1.94. The van der Waals surface area contributed by atoms with Crippen LogP contribution in [0.1, 0.15) is 23.8 Å². The fraction of sp³-hybridized carbons (Fsp3) is 0.143. The molecule has 1 radical (unpaired) electrons. The minimum Gasteiger partial charge on any atom is -0.385 e. The van der Waals surface area contributed by atoms with Crippen molar-refractivity contribution >= 4 is 11.4 Å². The van der Waals surface area contributed by atoms with E-state index in [9.17, 15) is 0 Å². The zero-order valence-electron chi connectivity index (χ0n) is 9.71. The summed E-state index contributed by atoms with van der Waals surface area (Å²) in [6, 6.07) is 13.1. The molecule has 0 fully saturated rings. The van der Waals surface area contributed by atoms with E-state index >= 15 is 0 Å². The normalized spacial score (nSPS) is 18.2. The quantitative estimate of drug-likeness (QED) is 0.807. The van der Waals surface area contributed by atoms with Crippen molar-refractivity contribution in [2.24, 2.45) is 5.16 Å². The molecular formula is C14H12N3O. The summed E-state index contributed by atoms with van der Waals surface area (Å²) in [5.41, 5.74) is 10.8. The maximum Gasteiger partial charge on any atom is 0.174 e. The number of aromatic nitrogens is 1. The van der Waals surface area contributed by atoms with E-state index in [4.69, 9.17) is 10.6 Å². The Kier molecular flexibility index (Phi) is 2.68. The lowest BCUT2D eigenvalue weighted by Gasteiger charge is -2.06. The Hall–Kier alpha value is -2.36. The van der Waals surface area contributed by atoms with Crippen molar-refractivity contribution in [3.8, 4) is 0 Å². The number of hydrogen-bond donors (Lipinski definition) is 0. The summed E-state index contributed by atoms with van der Waals surface area (Å²) >= 11 is 0. The third-order valence-corrected chi connectivity index (χ3v) is 2.90. The zero-order chi connectivity index (χ0) is 12.4. The van der Waals surface area contributed by atoms with Gasteiger partial charge in [-0.15, -0.1) is 0 Å². The lowest BCUT2D eigenvalue weighted by Crippen LogP contribution is -2.02. The Morgan fingerprint density at radius 3 is 2.67 bits per heavy atom. The van der Waals surface area contributed by atoms with Crippen LogP contribution in [0.25, 0.3) is 0 Å². The van der Waals surface area contributed by atoms with E-state index in [0.29, 0.717) is 12.1 Å². The first-order chi connectivity index (χ1) is 8.83. The van der Waals surface area contributed by atoms with Gasteiger partial charge in [-0.3, -0.25) is 4.98 Å². The number of hydrogen-bond acceptors (Lipinski definition) is 3. The van der Waals surface area contributed by atoms with E-state index in [0.717, 1.165) is 17.0 Å². The largest absolute Gasteiger partial charge is 0.385 e. The monoisotopic (exact) mass is 238 g/mol. The second-order valence-corrected chi connectivity index (χ2v) is 4.17. The molecule has 1 aromatic heterocycles. The highest BCUT2D eigenvalue weighted by Gasteiger charge is 2.24. The standard InChI is InChI=1S/C14H12N3O/c15-11-6-4-10(5-7-11)13-9-14(18-17-13)12-3-1-2-8-16-12/h1-8,14-15H,9H2. The SMILES string of the molecule is [NH]c1ccc(C2=NOC(c3ccccn3)C2)cc1. The summed E-state index contributed by atoms with van der Waals surface area (Å²) in [6.07, 6.45) is 2.37. The van der Waals surface area contributed by atoms with Crippen molar-refractivity contribution in [2.45, 2.75) is 12.5 Å². The molecule has 1 aliphatic heterocycles. The van der Waals surface area contributed by atoms with Crippen LogP contribution in [0.4, 0.5) is 5.69 Å². The number of nitrogens with one attached hydrogen (secondary N) is 1. The van der Waals surface area contributed by atoms with Crippen LogP contribution in [0, 0.1) is 0 Å². The van der Waals surface area contributed by atoms with E-state index in [2.05, 4.69) is 10.1 Å². The van der Waals surface area contributed by atoms with Crippen LogP contribution in [0.5, 0.6) is 0 Å². The molecule has 0 aliphatic carbocycles. The van der Waals surface area contributed by atoms with Gasteiger partial charge in [0.1, 0.15) is 0 Å². The fourth-order valence-electron chi connectivity index (χ4n) is 1.94. The van der Waals surface area contributed by atoms with Crippen molar-refractivity contribution < 1.29 is 4.84 Å². The van der Waals surface area contributed by atoms with E-state index in [-0.39, 0.29) is 6.10 Å². The maximum atomic E-state index is 7.46. The van der Waals surface area contributed by atoms with Crippen molar-refractivity contribution in [3.05, 3.63) is 59.9 Å². The van der Waals surface area contributed by atoms with Gasteiger partial charge in [0.05, 0.1) is 17.1 Å². The third kappa shape index (κ3) is 2.05. The van der Waals surface area contributed by atoms with Gasteiger partial charge in [-0.2, -0.15) is 0 Å². The van der Waals surface area contributed by atoms with E-state index in [1.54, 1.807) is 18.3 Å². The molecule has 1 unspecified atom stereocenters. The topological polar surface area (TPSA) is 58.3 Å². The van der Waals surface area contributed by atoms with Gasteiger partial charge >= 0.3 is 0 Å². The summed E-state index contributed by atoms with van der Waals surface area (Å²) < 4.78 is 0. The van der Waals surface area contributed by atoms with Gasteiger partial charge < -0.3 is 10.6 Å². The van der Waals surface area contributed by atoms with Crippen molar-refractivity contribution in [2.75, 3.05) is 0 Å². The smallest absolute Gasteiger partial charge is 0.174 e. The molecule has 0 amide bonds. The summed E-state index contributed by atoms with van der Waals surface area (Å²) in [5, 5.41) is 4.11. The number of oxime groups is 1. The molecule has 0 saturated carbocycles. The molecule has 0 saturated heterocycles. The molecule has 2 aromatic rings. The molecule has 1 atom stereocenters. The predicted octanol–water partition coefficient (Wildman–Crippen LogP) is 2.86. The number of nitrogens with zero attached hydrogens (tertiary/aromatic N) is 2. The molecule has 2 heterocycles. The molecule has 89 valence electrons. The van der Waals surface area contributed by atoms with Gasteiger partial charge in [-0.05, 0) is 29.8 Å². The summed E-state index contributed by atoms with van der Waals surface area (Å²) in [7, 11) is 0. The average Bonchev–Trinajstić information content (AvgIpc) is 2.90. The highest BCUT2D eigenvalue weighted by molar-refractivity contribution is 6.01. The minimum absolute atomic E-state index is 0.100. The first kappa shape index (κ1) is 10.8. The highest BCUT2D eigenvalue weighted by atomic mass is 16.6. The van der Waals surface area contributed by atoms with Crippen LogP contribution in [-0.2, 0) is 4.84 Å². The van der Waals surface area contributed by atoms with Gasteiger partial charge in [-0.1, -0.05) is 23.4 Å². The first-order valence-corrected chi connectivity index (χ1v) is 5.78. The van der Waals surface area contributed by atoms with Crippen molar-refractivity contribution in [1.29, 1.82) is 0 Å². The second-order valence-electron chi connectivity index (χ2n) is 4.17. The van der Waals surface area contributed by atoms with Gasteiger partial charge in [-0.25, -0.2) is 0 Å². The van der Waals surface area contributed by atoms with Crippen LogP contribution >= 0.6 is 0 Å². The Bertz CT molecular complexity index is 563. The molecule has 18 heavy (non-hydrogen) atoms. The lowest BCUT2D eigenvalue weighted by atomic mass is 10.0. The summed E-state index contributed by atoms with van der Waals surface area (Å²) in [5.74, 6) is 0. The van der Waals surface area contributed by atoms with Gasteiger partial charge in [0.15, 0.2) is 6.10 Å². The average molecular weight is 238 g/mol. The molecule has 0 bridgehead atoms. The Morgan fingerprint density at radius 1 is 1.11 bits per heavy atom. The Morgan fingerprint density at radius 2 is 1.94 bits per heavy atom. The summed E-state index contributed by atoms with van der Waals surface area (Å²) in [6.45, 7) is 0. The minimum atomic E-state index is -0.100. The molecule has 1 aromatic carbocycles. The predicted molar refractivity (Wildman–Crippen MR) is 68.4 cm³/mol. The molecule has 1 N–H and O–H groups in total. The molecular weight excluding hydrogens is 226 g/mol. The van der Waals surface area contributed by atoms with E-state index < -0.39 is 0 Å². The lowest BCUT2D eigenvalue weighted by molar-refractivity contribution is 0.0826. The number of benzene rings is 1. The van der Waals surface area contributed by atoms with Crippen LogP contribution in [0.2, 0.25) is 0 Å². The van der Waals surface area contributed by atoms with Crippen molar-refractivity contribution in [1.82, 2.24) is 10.7 Å². The number of pyridine rings is 1. The van der Waals surface area contributed by atoms with Crippen LogP contribution in [0.15, 0.2) is 53.8 Å². The molecule has 4 heteroatoms. The number of rotatable bonds is 2. The molecule has 0 spiro atoms. The maximum absolute atomic E-state index is 7.46. The van der Waals surface area contributed by atoms with Crippen LogP contribution in [0.3, 0.4) is 0 Å². The van der Waals surface area contributed by atoms with Gasteiger partial charge in [0.2, 0.25) is 0 Å². The molecule has 3 rings (SSSR count). The zero-order valence-corrected chi connectivity index (χ0v) is 9.71. The Balaban J connectivity index is 1.77. The third-order valence-electron chi connectivity index (χ3n) is 2.90. The van der Waals surface area contributed by atoms with Crippen LogP contribution < -0.4 is 5.73 Å². The van der Waals surface area contributed by atoms with Gasteiger partial charge in [0, 0.05) is 12.6 Å². The van der Waals surface area contributed by atoms with Crippen LogP contribution in [-0.4, -0.2) is 10.7 Å². The molecule has 4 nitrogen and oxygen atoms in total. The summed E-state index contributed by atoms with van der Waals surface area (Å²) in [4.78, 5) is 9.69. The highest BCUT2D eigenvalue weighted by Crippen LogP contribution is 2.28. The van der Waals surface area contributed by atoms with E-state index in [1.165, 1.54) is 0 Å². The Labute approximate surface area is 105 Å². The first-order valence-electron chi connectivity index (χ1n) is 5.78.